The van der Waals surface area contributed by atoms with Gasteiger partial charge in [0.1, 0.15) is 6.10 Å². The summed E-state index contributed by atoms with van der Waals surface area (Å²) >= 11 is 18.4. The molecule has 1 aromatic carbocycles. The number of nitrogens with zero attached hydrogens (tertiary/aromatic N) is 2. The molecule has 9 heteroatoms. The van der Waals surface area contributed by atoms with Crippen molar-refractivity contribution in [1.29, 1.82) is 0 Å². The molecular weight excluding hydrogens is 427 g/mol. The van der Waals surface area contributed by atoms with Crippen molar-refractivity contribution < 1.29 is 19.0 Å². The molecule has 0 unspecified atom stereocenters. The summed E-state index contributed by atoms with van der Waals surface area (Å²) in [7, 11) is 3.10. The monoisotopic (exact) mass is 444 g/mol. The van der Waals surface area contributed by atoms with E-state index in [-0.39, 0.29) is 11.9 Å². The lowest BCUT2D eigenvalue weighted by Gasteiger charge is -2.33. The zero-order valence-electron chi connectivity index (χ0n) is 15.3. The quantitative estimate of drug-likeness (QED) is 0.467. The first kappa shape index (κ1) is 21.0. The predicted molar refractivity (Wildman–Crippen MR) is 107 cm³/mol. The maximum absolute atomic E-state index is 12.6. The second kappa shape index (κ2) is 9.18. The molecule has 6 nitrogen and oxygen atoms in total. The molecule has 1 aromatic heterocycles. The van der Waals surface area contributed by atoms with Gasteiger partial charge in [0.25, 0.3) is 0 Å². The molecule has 3 rings (SSSR count). The summed E-state index contributed by atoms with van der Waals surface area (Å²) in [5, 5.41) is 0.814. The van der Waals surface area contributed by atoms with Crippen LogP contribution in [0.15, 0.2) is 30.6 Å². The maximum Gasteiger partial charge on any atom is 0.312 e. The van der Waals surface area contributed by atoms with Crippen LogP contribution in [0.3, 0.4) is 0 Å². The van der Waals surface area contributed by atoms with E-state index in [1.54, 1.807) is 26.4 Å². The van der Waals surface area contributed by atoms with E-state index in [4.69, 9.17) is 49.2 Å². The first-order valence-electron chi connectivity index (χ1n) is 8.54. The Labute approximate surface area is 178 Å². The Morgan fingerprint density at radius 3 is 2.39 bits per heavy atom. The molecule has 1 saturated heterocycles. The van der Waals surface area contributed by atoms with Gasteiger partial charge in [-0.25, -0.2) is 4.42 Å². The standard InChI is InChI=1S/C19H19Cl3N2O4/c1-26-16-4-3-11(5-18(16)27-2)17(28-19(25)12-9-24(22)10-12)6-13-14(20)7-23-8-15(13)21/h3-5,7-8,12,17H,6,9-10H2,1-2H3/t17-/m0/s1. The van der Waals surface area contributed by atoms with Crippen molar-refractivity contribution >= 4 is 40.9 Å². The predicted octanol–water partition coefficient (Wildman–Crippen LogP) is 4.32. The molecule has 2 aromatic rings. The summed E-state index contributed by atoms with van der Waals surface area (Å²) < 4.78 is 18.0. The molecule has 0 radical (unpaired) electrons. The Bertz CT molecular complexity index is 839. The van der Waals surface area contributed by atoms with Gasteiger partial charge >= 0.3 is 5.97 Å². The molecule has 0 N–H and O–H groups in total. The van der Waals surface area contributed by atoms with E-state index < -0.39 is 6.10 Å². The lowest BCUT2D eigenvalue weighted by Crippen LogP contribution is -2.45. The van der Waals surface area contributed by atoms with Crippen molar-refractivity contribution in [1.82, 2.24) is 9.40 Å². The average molecular weight is 446 g/mol. The van der Waals surface area contributed by atoms with Gasteiger partial charge in [-0.2, -0.15) is 0 Å². The van der Waals surface area contributed by atoms with E-state index in [0.29, 0.717) is 46.6 Å². The molecule has 150 valence electrons. The largest absolute Gasteiger partial charge is 0.493 e. The minimum Gasteiger partial charge on any atom is -0.493 e. The van der Waals surface area contributed by atoms with Crippen molar-refractivity contribution in [2.75, 3.05) is 27.3 Å². The molecule has 1 fully saturated rings. The van der Waals surface area contributed by atoms with Crippen LogP contribution in [0.1, 0.15) is 17.2 Å². The number of methoxy groups -OCH3 is 2. The summed E-state index contributed by atoms with van der Waals surface area (Å²) in [6.07, 6.45) is 2.69. The highest BCUT2D eigenvalue weighted by molar-refractivity contribution is 6.35. The Morgan fingerprint density at radius 1 is 1.18 bits per heavy atom. The van der Waals surface area contributed by atoms with Gasteiger partial charge in [0.15, 0.2) is 11.5 Å². The zero-order valence-corrected chi connectivity index (χ0v) is 17.6. The number of benzene rings is 1. The van der Waals surface area contributed by atoms with E-state index in [9.17, 15) is 4.79 Å². The molecule has 0 aliphatic carbocycles. The molecular formula is C19H19Cl3N2O4. The highest BCUT2D eigenvalue weighted by Gasteiger charge is 2.35. The van der Waals surface area contributed by atoms with E-state index >= 15 is 0 Å². The van der Waals surface area contributed by atoms with Gasteiger partial charge in [0.2, 0.25) is 0 Å². The molecule has 1 aliphatic rings. The fourth-order valence-electron chi connectivity index (χ4n) is 2.91. The summed E-state index contributed by atoms with van der Waals surface area (Å²) in [6.45, 7) is 0.908. The number of carbonyl (C=O) groups is 1. The second-order valence-electron chi connectivity index (χ2n) is 6.35. The van der Waals surface area contributed by atoms with Crippen molar-refractivity contribution in [2.45, 2.75) is 12.5 Å². The number of aromatic nitrogens is 1. The van der Waals surface area contributed by atoms with Crippen molar-refractivity contribution in [3.8, 4) is 11.5 Å². The van der Waals surface area contributed by atoms with Crippen molar-refractivity contribution in [2.24, 2.45) is 5.92 Å². The van der Waals surface area contributed by atoms with Gasteiger partial charge < -0.3 is 14.2 Å². The third-order valence-electron chi connectivity index (χ3n) is 4.55. The van der Waals surface area contributed by atoms with Gasteiger partial charge in [0, 0.05) is 31.9 Å². The number of carbonyl (C=O) groups excluding carboxylic acids is 1. The topological polar surface area (TPSA) is 60.9 Å². The number of pyridine rings is 1. The Balaban J connectivity index is 1.91. The van der Waals surface area contributed by atoms with E-state index in [1.165, 1.54) is 16.8 Å². The number of hydrogen-bond donors (Lipinski definition) is 0. The fourth-order valence-corrected chi connectivity index (χ4v) is 3.76. The molecule has 0 amide bonds. The third kappa shape index (κ3) is 4.63. The Kier molecular flexibility index (Phi) is 6.88. The normalized spacial score (nSPS) is 15.6. The summed E-state index contributed by atoms with van der Waals surface area (Å²) in [4.78, 5) is 16.5. The number of esters is 1. The zero-order chi connectivity index (χ0) is 20.3. The van der Waals surface area contributed by atoms with Crippen molar-refractivity contribution in [3.05, 3.63) is 51.8 Å². The lowest BCUT2D eigenvalue weighted by molar-refractivity contribution is -0.158. The van der Waals surface area contributed by atoms with Gasteiger partial charge in [0.05, 0.1) is 30.2 Å². The van der Waals surface area contributed by atoms with Crippen LogP contribution in [0, 0.1) is 5.92 Å². The Hall–Kier alpha value is -1.73. The molecule has 28 heavy (non-hydrogen) atoms. The summed E-state index contributed by atoms with van der Waals surface area (Å²) in [5.74, 6) is 0.526. The van der Waals surface area contributed by atoms with Gasteiger partial charge in [-0.05, 0) is 35.0 Å². The summed E-state index contributed by atoms with van der Waals surface area (Å²) in [5.41, 5.74) is 1.38. The van der Waals surface area contributed by atoms with E-state index in [2.05, 4.69) is 4.98 Å². The van der Waals surface area contributed by atoms with Crippen LogP contribution in [0.5, 0.6) is 11.5 Å². The van der Waals surface area contributed by atoms with Crippen LogP contribution in [0.25, 0.3) is 0 Å². The number of rotatable bonds is 7. The number of hydrogen-bond acceptors (Lipinski definition) is 6. The minimum absolute atomic E-state index is 0.261. The van der Waals surface area contributed by atoms with Crippen LogP contribution in [0.4, 0.5) is 0 Å². The molecule has 2 heterocycles. The van der Waals surface area contributed by atoms with Gasteiger partial charge in [-0.15, -0.1) is 0 Å². The van der Waals surface area contributed by atoms with Crippen LogP contribution < -0.4 is 9.47 Å². The SMILES string of the molecule is COc1ccc([C@H](Cc2c(Cl)cncc2Cl)OC(=O)C2CN(Cl)C2)cc1OC. The molecule has 1 atom stereocenters. The van der Waals surface area contributed by atoms with Gasteiger partial charge in [-0.3, -0.25) is 9.78 Å². The second-order valence-corrected chi connectivity index (χ2v) is 7.64. The highest BCUT2D eigenvalue weighted by atomic mass is 35.5. The van der Waals surface area contributed by atoms with Crippen molar-refractivity contribution in [3.63, 3.8) is 0 Å². The Morgan fingerprint density at radius 2 is 1.82 bits per heavy atom. The van der Waals surface area contributed by atoms with Crippen LogP contribution >= 0.6 is 35.0 Å². The first-order chi connectivity index (χ1) is 13.4. The lowest BCUT2D eigenvalue weighted by atomic mass is 10.00. The maximum atomic E-state index is 12.6. The highest BCUT2D eigenvalue weighted by Crippen LogP contribution is 2.36. The van der Waals surface area contributed by atoms with Crippen LogP contribution in [0.2, 0.25) is 10.0 Å². The minimum atomic E-state index is -0.617. The molecule has 0 bridgehead atoms. The number of ether oxygens (including phenoxy) is 3. The van der Waals surface area contributed by atoms with Crippen LogP contribution in [-0.2, 0) is 16.0 Å². The van der Waals surface area contributed by atoms with E-state index in [1.807, 2.05) is 6.07 Å². The number of halogens is 3. The first-order valence-corrected chi connectivity index (χ1v) is 9.63. The average Bonchev–Trinajstić information content (AvgIpc) is 2.66. The molecule has 0 spiro atoms. The summed E-state index contributed by atoms with van der Waals surface area (Å²) in [6, 6.07) is 5.35. The fraction of sp³-hybridized carbons (Fsp3) is 0.368. The third-order valence-corrected chi connectivity index (χ3v) is 5.48. The molecule has 0 saturated carbocycles. The van der Waals surface area contributed by atoms with E-state index in [0.717, 1.165) is 5.56 Å². The smallest absolute Gasteiger partial charge is 0.312 e. The molecule has 1 aliphatic heterocycles. The van der Waals surface area contributed by atoms with Gasteiger partial charge in [-0.1, -0.05) is 29.3 Å². The van der Waals surface area contributed by atoms with Crippen LogP contribution in [-0.4, -0.2) is 42.7 Å².